The van der Waals surface area contributed by atoms with Gasteiger partial charge in [-0.05, 0) is 38.3 Å². The molecule has 150 valence electrons. The fourth-order valence-electron chi connectivity index (χ4n) is 3.56. The zero-order valence-electron chi connectivity index (χ0n) is 16.8. The van der Waals surface area contributed by atoms with E-state index in [4.69, 9.17) is 0 Å². The number of nitrogens with one attached hydrogen (secondary N) is 2. The standard InChI is InChI=1S/C19H29N3O4S/c1-13-8-14(2)19(15(3)9-13)20-17(23)10-21(4)11-18(24)22(5)16-6-7-27(25,26)12-16/h8-9,16H,6-7,10-12H2,1-5H3,(H,20,23)/p+1/t16-/m1/s1. The van der Waals surface area contributed by atoms with Crippen LogP contribution >= 0.6 is 0 Å². The number of benzene rings is 1. The van der Waals surface area contributed by atoms with Crippen molar-refractivity contribution in [3.8, 4) is 0 Å². The summed E-state index contributed by atoms with van der Waals surface area (Å²) in [6.07, 6.45) is 0.482. The van der Waals surface area contributed by atoms with Gasteiger partial charge in [0.05, 0.1) is 18.6 Å². The Morgan fingerprint density at radius 2 is 1.78 bits per heavy atom. The van der Waals surface area contributed by atoms with Crippen molar-refractivity contribution >= 4 is 27.3 Å². The van der Waals surface area contributed by atoms with E-state index in [0.29, 0.717) is 6.42 Å². The number of quaternary nitrogens is 1. The van der Waals surface area contributed by atoms with Crippen molar-refractivity contribution in [2.45, 2.75) is 33.2 Å². The second kappa shape index (κ2) is 8.39. The molecule has 1 heterocycles. The third kappa shape index (κ3) is 5.77. The summed E-state index contributed by atoms with van der Waals surface area (Å²) in [6, 6.07) is 3.78. The van der Waals surface area contributed by atoms with E-state index in [2.05, 4.69) is 5.32 Å². The first-order chi connectivity index (χ1) is 12.5. The minimum atomic E-state index is -3.03. The Morgan fingerprint density at radius 3 is 2.30 bits per heavy atom. The average Bonchev–Trinajstić information content (AvgIpc) is 2.89. The maximum Gasteiger partial charge on any atom is 0.279 e. The predicted octanol–water partition coefficient (Wildman–Crippen LogP) is -0.289. The predicted molar refractivity (Wildman–Crippen MR) is 106 cm³/mol. The molecule has 2 N–H and O–H groups in total. The Morgan fingerprint density at radius 1 is 1.19 bits per heavy atom. The van der Waals surface area contributed by atoms with E-state index in [1.165, 1.54) is 4.90 Å². The lowest BCUT2D eigenvalue weighted by molar-refractivity contribution is -0.862. The Kier molecular flexibility index (Phi) is 6.64. The fraction of sp³-hybridized carbons (Fsp3) is 0.579. The maximum absolute atomic E-state index is 12.4. The van der Waals surface area contributed by atoms with E-state index < -0.39 is 9.84 Å². The molecule has 2 rings (SSSR count). The Bertz CT molecular complexity index is 812. The summed E-state index contributed by atoms with van der Waals surface area (Å²) in [7, 11) is 0.390. The minimum absolute atomic E-state index is 0.0285. The van der Waals surface area contributed by atoms with Crippen molar-refractivity contribution < 1.29 is 22.9 Å². The summed E-state index contributed by atoms with van der Waals surface area (Å²) in [6.45, 7) is 6.24. The summed E-state index contributed by atoms with van der Waals surface area (Å²) in [5.74, 6) is -0.136. The van der Waals surface area contributed by atoms with Crippen molar-refractivity contribution in [3.63, 3.8) is 0 Å². The number of hydrogen-bond acceptors (Lipinski definition) is 4. The lowest BCUT2D eigenvalue weighted by atomic mass is 10.1. The van der Waals surface area contributed by atoms with Crippen LogP contribution in [0.25, 0.3) is 0 Å². The van der Waals surface area contributed by atoms with E-state index in [0.717, 1.165) is 27.3 Å². The summed E-state index contributed by atoms with van der Waals surface area (Å²) in [5, 5.41) is 2.94. The van der Waals surface area contributed by atoms with Gasteiger partial charge in [-0.3, -0.25) is 9.59 Å². The molecule has 2 atom stereocenters. The quantitative estimate of drug-likeness (QED) is 0.692. The molecule has 0 aromatic heterocycles. The van der Waals surface area contributed by atoms with Crippen molar-refractivity contribution in [3.05, 3.63) is 28.8 Å². The van der Waals surface area contributed by atoms with Crippen LogP contribution in [0.3, 0.4) is 0 Å². The number of hydrogen-bond donors (Lipinski definition) is 2. The normalized spacial score (nSPS) is 19.5. The maximum atomic E-state index is 12.4. The number of carbonyl (C=O) groups is 2. The van der Waals surface area contributed by atoms with Crippen molar-refractivity contribution in [2.24, 2.45) is 0 Å². The molecule has 1 aliphatic heterocycles. The number of amides is 2. The van der Waals surface area contributed by atoms with Crippen LogP contribution in [0, 0.1) is 20.8 Å². The fourth-order valence-corrected chi connectivity index (χ4v) is 5.34. The van der Waals surface area contributed by atoms with Gasteiger partial charge in [0.2, 0.25) is 0 Å². The average molecular weight is 397 g/mol. The van der Waals surface area contributed by atoms with Gasteiger partial charge in [-0.25, -0.2) is 8.42 Å². The molecule has 0 radical (unpaired) electrons. The van der Waals surface area contributed by atoms with E-state index >= 15 is 0 Å². The Balaban J connectivity index is 1.89. The van der Waals surface area contributed by atoms with E-state index in [1.54, 1.807) is 14.1 Å². The van der Waals surface area contributed by atoms with Gasteiger partial charge in [-0.1, -0.05) is 17.7 Å². The van der Waals surface area contributed by atoms with Crippen molar-refractivity contribution in [2.75, 3.05) is 44.0 Å². The minimum Gasteiger partial charge on any atom is -0.337 e. The molecule has 1 aliphatic rings. The molecule has 0 saturated carbocycles. The second-order valence-corrected chi connectivity index (χ2v) is 9.92. The first kappa shape index (κ1) is 21.4. The number of rotatable bonds is 6. The number of carbonyl (C=O) groups excluding carboxylic acids is 2. The third-order valence-electron chi connectivity index (χ3n) is 5.01. The second-order valence-electron chi connectivity index (χ2n) is 7.69. The van der Waals surface area contributed by atoms with Crippen LogP contribution in [-0.2, 0) is 19.4 Å². The van der Waals surface area contributed by atoms with E-state index in [1.807, 2.05) is 32.9 Å². The zero-order chi connectivity index (χ0) is 20.4. The van der Waals surface area contributed by atoms with Gasteiger partial charge in [0.15, 0.2) is 22.9 Å². The van der Waals surface area contributed by atoms with E-state index in [9.17, 15) is 18.0 Å². The highest BCUT2D eigenvalue weighted by molar-refractivity contribution is 7.91. The molecule has 27 heavy (non-hydrogen) atoms. The molecule has 0 aliphatic carbocycles. The first-order valence-corrected chi connectivity index (χ1v) is 11.0. The van der Waals surface area contributed by atoms with Gasteiger partial charge in [0.25, 0.3) is 11.8 Å². The molecule has 1 fully saturated rings. The first-order valence-electron chi connectivity index (χ1n) is 9.13. The van der Waals surface area contributed by atoms with Crippen LogP contribution in [0.5, 0.6) is 0 Å². The highest BCUT2D eigenvalue weighted by Crippen LogP contribution is 2.21. The van der Waals surface area contributed by atoms with Crippen LogP contribution in [0.1, 0.15) is 23.1 Å². The number of sulfone groups is 1. The molecule has 2 amide bonds. The SMILES string of the molecule is Cc1cc(C)c(NC(=O)C[NH+](C)CC(=O)N(C)[C@@H]2CCS(=O)(=O)C2)c(C)c1. The summed E-state index contributed by atoms with van der Waals surface area (Å²) in [4.78, 5) is 27.1. The molecule has 1 saturated heterocycles. The van der Waals surface area contributed by atoms with Gasteiger partial charge in [0, 0.05) is 18.8 Å². The smallest absolute Gasteiger partial charge is 0.279 e. The highest BCUT2D eigenvalue weighted by Gasteiger charge is 2.33. The van der Waals surface area contributed by atoms with Crippen molar-refractivity contribution in [1.29, 1.82) is 0 Å². The molecule has 1 unspecified atom stereocenters. The molecule has 8 heteroatoms. The van der Waals surface area contributed by atoms with E-state index in [-0.39, 0.29) is 42.5 Å². The van der Waals surface area contributed by atoms with Crippen LogP contribution in [-0.4, -0.2) is 69.9 Å². The third-order valence-corrected chi connectivity index (χ3v) is 6.76. The lowest BCUT2D eigenvalue weighted by Gasteiger charge is -2.24. The van der Waals surface area contributed by atoms with Crippen LogP contribution < -0.4 is 10.2 Å². The topological polar surface area (TPSA) is 88.0 Å². The van der Waals surface area contributed by atoms with Crippen molar-refractivity contribution in [1.82, 2.24) is 4.90 Å². The highest BCUT2D eigenvalue weighted by atomic mass is 32.2. The van der Waals surface area contributed by atoms with Crippen LogP contribution in [0.4, 0.5) is 5.69 Å². The van der Waals surface area contributed by atoms with Gasteiger partial charge in [0.1, 0.15) is 0 Å². The largest absolute Gasteiger partial charge is 0.337 e. The summed E-state index contributed by atoms with van der Waals surface area (Å²) in [5.41, 5.74) is 3.99. The number of anilines is 1. The molecule has 1 aromatic carbocycles. The van der Waals surface area contributed by atoms with Gasteiger partial charge < -0.3 is 15.1 Å². The lowest BCUT2D eigenvalue weighted by Crippen LogP contribution is -3.11. The number of aryl methyl sites for hydroxylation is 3. The van der Waals surface area contributed by atoms with Crippen LogP contribution in [0.2, 0.25) is 0 Å². The Labute approximate surface area is 161 Å². The summed E-state index contributed by atoms with van der Waals surface area (Å²) < 4.78 is 23.2. The molecule has 7 nitrogen and oxygen atoms in total. The number of nitrogens with zero attached hydrogens (tertiary/aromatic N) is 1. The molecule has 1 aromatic rings. The van der Waals surface area contributed by atoms with Gasteiger partial charge in [-0.2, -0.15) is 0 Å². The zero-order valence-corrected chi connectivity index (χ0v) is 17.6. The Hall–Kier alpha value is -1.93. The van der Waals surface area contributed by atoms with Crippen LogP contribution in [0.15, 0.2) is 12.1 Å². The molecule has 0 spiro atoms. The van der Waals surface area contributed by atoms with Gasteiger partial charge >= 0.3 is 0 Å². The molecular formula is C19H30N3O4S+. The van der Waals surface area contributed by atoms with Gasteiger partial charge in [-0.15, -0.1) is 0 Å². The summed E-state index contributed by atoms with van der Waals surface area (Å²) >= 11 is 0. The number of likely N-dealkylation sites (N-methyl/N-ethyl adjacent to an activating group) is 2. The monoisotopic (exact) mass is 396 g/mol. The molecular weight excluding hydrogens is 366 g/mol. The molecule has 0 bridgehead atoms.